The van der Waals surface area contributed by atoms with E-state index in [0.29, 0.717) is 67.5 Å². The number of anilines is 2. The Balaban J connectivity index is 0.000000138. The molecule has 528 valence electrons. The van der Waals surface area contributed by atoms with Crippen LogP contribution in [0.5, 0.6) is 23.4 Å². The Morgan fingerprint density at radius 3 is 1.49 bits per heavy atom. The highest BCUT2D eigenvalue weighted by molar-refractivity contribution is 7.90. The van der Waals surface area contributed by atoms with Gasteiger partial charge in [0.2, 0.25) is 0 Å². The molecule has 101 heavy (non-hydrogen) atoms. The average molecular weight is 1450 g/mol. The Labute approximate surface area is 601 Å². The molecule has 4 aromatic carbocycles. The molecular formula is C77H81Cl3N8O12S. The van der Waals surface area contributed by atoms with Crippen LogP contribution in [0.3, 0.4) is 0 Å². The van der Waals surface area contributed by atoms with Gasteiger partial charge in [-0.3, -0.25) is 4.79 Å². The number of hydrogen-bond acceptors (Lipinski definition) is 15. The third-order valence-corrected chi connectivity index (χ3v) is 21.5. The van der Waals surface area contributed by atoms with E-state index in [1.54, 1.807) is 25.1 Å². The van der Waals surface area contributed by atoms with E-state index in [0.717, 1.165) is 172 Å². The number of pyridine rings is 3. The first kappa shape index (κ1) is 70.8. The maximum absolute atomic E-state index is 11.6. The zero-order valence-corrected chi connectivity index (χ0v) is 59.8. The van der Waals surface area contributed by atoms with Crippen LogP contribution in [-0.4, -0.2) is 151 Å². The van der Waals surface area contributed by atoms with Crippen molar-refractivity contribution < 1.29 is 56.6 Å². The molecule has 20 nitrogen and oxygen atoms in total. The summed E-state index contributed by atoms with van der Waals surface area (Å²) in [6.07, 6.45) is 10.3. The van der Waals surface area contributed by atoms with Gasteiger partial charge in [0.1, 0.15) is 27.8 Å². The lowest BCUT2D eigenvalue weighted by Gasteiger charge is -2.36. The number of benzene rings is 4. The van der Waals surface area contributed by atoms with Crippen molar-refractivity contribution in [3.63, 3.8) is 0 Å². The lowest BCUT2D eigenvalue weighted by atomic mass is 9.70. The highest BCUT2D eigenvalue weighted by Crippen LogP contribution is 2.42. The first-order chi connectivity index (χ1) is 48.6. The van der Waals surface area contributed by atoms with Gasteiger partial charge in [0, 0.05) is 85.1 Å². The standard InChI is InChI=1S/C31H37ClN2O5S.C25H22ClN3O4.C21H22ClN3O3/c1-31(2,30(35)36)23-12-14-24(15-13-23)39-28-17-27-26(33-28)16-25(32)29(34-27)22-10-8-21(9-11-22)20-6-4-19(5-7-20)18-40(3,37)38;1-15-2-7-18(12-19(15)25(30)31)33-23-14-22-21(27-23)13-20(26)24(28-22)16-3-5-17(6-4-16)29-8-10-32-11-9-29;22-17-11-18-19(12-20(23-18)28-16-5-8-27-13-16)24-21(17)14-1-3-15(4-2-14)25-6-9-26-10-7-25/h6,8-11,16-17,19,23-24,33H,4-5,7,12-15,18H2,1-3H3,(H,35,36);2-7,12-14,27H,8-11H2,1H3,(H,30,31);1-4,11-12,16,23H,5-10,13H2/t;;16-/m..0/s1. The third-order valence-electron chi connectivity index (χ3n) is 19.6. The Morgan fingerprint density at radius 2 is 1.04 bits per heavy atom. The predicted octanol–water partition coefficient (Wildman–Crippen LogP) is 16.6. The summed E-state index contributed by atoms with van der Waals surface area (Å²) in [5.41, 5.74) is 14.6. The summed E-state index contributed by atoms with van der Waals surface area (Å²) in [4.78, 5) is 51.6. The fraction of sp³-hybridized carbons (Fsp3) is 0.364. The molecule has 1 saturated carbocycles. The number of aromatic nitrogens is 6. The van der Waals surface area contributed by atoms with Gasteiger partial charge >= 0.3 is 11.9 Å². The van der Waals surface area contributed by atoms with Gasteiger partial charge in [0.15, 0.2) is 17.6 Å². The number of allylic oxidation sites excluding steroid dienone is 2. The van der Waals surface area contributed by atoms with Crippen LogP contribution in [0.2, 0.25) is 15.1 Å². The highest BCUT2D eigenvalue weighted by atomic mass is 35.5. The Bertz CT molecular complexity index is 4760. The number of carboxylic acids is 2. The van der Waals surface area contributed by atoms with Gasteiger partial charge in [-0.05, 0) is 149 Å². The molecule has 2 atom stereocenters. The second kappa shape index (κ2) is 30.9. The number of hydrogen-bond donors (Lipinski definition) is 5. The molecule has 9 heterocycles. The van der Waals surface area contributed by atoms with Crippen LogP contribution in [0.4, 0.5) is 11.4 Å². The van der Waals surface area contributed by atoms with Crippen molar-refractivity contribution in [3.8, 4) is 57.2 Å². The SMILES string of the molecule is CC(C)(C(=O)O)C1CCC(Oc2cc3nc(-c4ccc(C5=CCC(CS(C)(=O)=O)CC5)cc4)c(Cl)cc3[nH]2)CC1.Cc1ccc(Oc2cc3nc(-c4ccc(N5CCOCC5)cc4)c(Cl)cc3[nH]2)cc1C(=O)O.Clc1cc2[nH]c(O[C@H]3CCOC3)cc2nc1-c1ccc(N2CCOCC2)cc1. The van der Waals surface area contributed by atoms with E-state index >= 15 is 0 Å². The molecule has 15 rings (SSSR count). The molecule has 5 N–H and O–H groups in total. The number of sulfone groups is 1. The topological polar surface area (TPSA) is 257 Å². The van der Waals surface area contributed by atoms with Crippen LogP contribution in [0.1, 0.15) is 86.7 Å². The van der Waals surface area contributed by atoms with Crippen molar-refractivity contribution in [1.29, 1.82) is 0 Å². The number of morpholine rings is 2. The minimum atomic E-state index is -2.95. The second-order valence-corrected chi connectivity index (χ2v) is 30.5. The van der Waals surface area contributed by atoms with Crippen LogP contribution in [0, 0.1) is 24.2 Å². The first-order valence-electron chi connectivity index (χ1n) is 34.2. The number of rotatable bonds is 17. The lowest BCUT2D eigenvalue weighted by Crippen LogP contribution is -2.37. The van der Waals surface area contributed by atoms with Crippen LogP contribution in [-0.2, 0) is 28.8 Å². The van der Waals surface area contributed by atoms with Crippen molar-refractivity contribution in [2.75, 3.05) is 87.6 Å². The number of carbonyl (C=O) groups is 2. The number of carboxylic acid groups (broad SMARTS) is 2. The summed E-state index contributed by atoms with van der Waals surface area (Å²) in [7, 11) is -2.95. The van der Waals surface area contributed by atoms with Crippen LogP contribution >= 0.6 is 34.8 Å². The van der Waals surface area contributed by atoms with Crippen LogP contribution < -0.4 is 24.0 Å². The summed E-state index contributed by atoms with van der Waals surface area (Å²) in [5, 5.41) is 20.6. The molecule has 0 bridgehead atoms. The Morgan fingerprint density at radius 1 is 0.574 bits per heavy atom. The average Bonchev–Trinajstić information content (AvgIpc) is 1.71. The summed E-state index contributed by atoms with van der Waals surface area (Å²) < 4.78 is 57.5. The van der Waals surface area contributed by atoms with E-state index in [2.05, 4.69) is 79.4 Å². The number of aromatic carboxylic acids is 1. The van der Waals surface area contributed by atoms with Crippen molar-refractivity contribution in [1.82, 2.24) is 29.9 Å². The molecule has 0 amide bonds. The number of halogens is 3. The number of H-pyrrole nitrogens is 3. The third kappa shape index (κ3) is 17.1. The van der Waals surface area contributed by atoms with E-state index in [1.807, 2.05) is 68.4 Å². The molecule has 10 aromatic rings. The molecule has 3 saturated heterocycles. The quantitative estimate of drug-likeness (QED) is 0.0568. The van der Waals surface area contributed by atoms with E-state index in [1.165, 1.54) is 23.6 Å². The molecule has 24 heteroatoms. The Kier molecular flexibility index (Phi) is 21.6. The Hall–Kier alpha value is -8.67. The molecule has 6 aromatic heterocycles. The fourth-order valence-corrected chi connectivity index (χ4v) is 15.7. The molecule has 4 fully saturated rings. The predicted molar refractivity (Wildman–Crippen MR) is 397 cm³/mol. The zero-order chi connectivity index (χ0) is 70.5. The number of nitrogens with zero attached hydrogens (tertiary/aromatic N) is 5. The van der Waals surface area contributed by atoms with Gasteiger partial charge in [0.05, 0.1) is 122 Å². The minimum absolute atomic E-state index is 0.0344. The summed E-state index contributed by atoms with van der Waals surface area (Å²) in [6.45, 7) is 13.4. The van der Waals surface area contributed by atoms with E-state index in [4.69, 9.17) is 78.2 Å². The monoisotopic (exact) mass is 1450 g/mol. The molecule has 5 aliphatic rings. The van der Waals surface area contributed by atoms with E-state index in [9.17, 15) is 28.2 Å². The number of aryl methyl sites for hydroxylation is 1. The number of fused-ring (bicyclic) bond motifs is 3. The largest absolute Gasteiger partial charge is 0.481 e. The number of nitrogens with one attached hydrogen (secondary N) is 3. The normalized spacial score (nSPS) is 18.9. The molecule has 2 aliphatic carbocycles. The number of aliphatic carboxylic acids is 1. The zero-order valence-electron chi connectivity index (χ0n) is 56.7. The number of aromatic amines is 3. The van der Waals surface area contributed by atoms with Gasteiger partial charge in [-0.25, -0.2) is 28.2 Å². The smallest absolute Gasteiger partial charge is 0.336 e. The maximum Gasteiger partial charge on any atom is 0.336 e. The maximum atomic E-state index is 11.6. The van der Waals surface area contributed by atoms with Gasteiger partial charge in [-0.1, -0.05) is 95.5 Å². The minimum Gasteiger partial charge on any atom is -0.481 e. The van der Waals surface area contributed by atoms with E-state index < -0.39 is 27.2 Å². The fourth-order valence-electron chi connectivity index (χ4n) is 13.7. The van der Waals surface area contributed by atoms with E-state index in [-0.39, 0.29) is 35.4 Å². The molecular weight excluding hydrogens is 1370 g/mol. The van der Waals surface area contributed by atoms with Crippen LogP contribution in [0.15, 0.2) is 133 Å². The first-order valence-corrected chi connectivity index (χ1v) is 37.4. The molecule has 0 radical (unpaired) electrons. The summed E-state index contributed by atoms with van der Waals surface area (Å²) >= 11 is 19.7. The molecule has 3 aliphatic heterocycles. The van der Waals surface area contributed by atoms with Gasteiger partial charge in [-0.2, -0.15) is 0 Å². The van der Waals surface area contributed by atoms with Crippen molar-refractivity contribution in [3.05, 3.63) is 165 Å². The number of ether oxygens (including phenoxy) is 6. The summed E-state index contributed by atoms with van der Waals surface area (Å²) in [5.74, 6) is 1.08. The van der Waals surface area contributed by atoms with Gasteiger partial charge in [0.25, 0.3) is 0 Å². The van der Waals surface area contributed by atoms with Crippen molar-refractivity contribution in [2.24, 2.45) is 17.3 Å². The van der Waals surface area contributed by atoms with Gasteiger partial charge < -0.3 is 63.4 Å². The molecule has 0 spiro atoms. The highest BCUT2D eigenvalue weighted by Gasteiger charge is 2.39. The van der Waals surface area contributed by atoms with Gasteiger partial charge in [-0.15, -0.1) is 0 Å². The lowest BCUT2D eigenvalue weighted by molar-refractivity contribution is -0.151. The second-order valence-electron chi connectivity index (χ2n) is 27.1. The molecule has 1 unspecified atom stereocenters. The van der Waals surface area contributed by atoms with Crippen molar-refractivity contribution in [2.45, 2.75) is 84.3 Å². The summed E-state index contributed by atoms with van der Waals surface area (Å²) in [6, 6.07) is 40.9. The van der Waals surface area contributed by atoms with Crippen LogP contribution in [0.25, 0.3) is 72.4 Å². The van der Waals surface area contributed by atoms with Crippen molar-refractivity contribution >= 4 is 107 Å².